The van der Waals surface area contributed by atoms with Crippen molar-refractivity contribution in [2.75, 3.05) is 14.1 Å². The van der Waals surface area contributed by atoms with Crippen molar-refractivity contribution in [1.29, 1.82) is 0 Å². The van der Waals surface area contributed by atoms with Crippen LogP contribution in [-0.4, -0.2) is 53.2 Å². The number of aromatic amines is 1. The number of rotatable bonds is 3. The Morgan fingerprint density at radius 1 is 1.36 bits per heavy atom. The van der Waals surface area contributed by atoms with E-state index < -0.39 is 22.2 Å². The number of fused-ring (bicyclic) bond motifs is 3. The average Bonchev–Trinajstić information content (AvgIpc) is 2.83. The third-order valence-corrected chi connectivity index (χ3v) is 5.90. The number of nitrogens with one attached hydrogen (secondary N) is 1. The zero-order valence-electron chi connectivity index (χ0n) is 12.3. The monoisotopic (exact) mass is 323 g/mol. The number of benzene rings is 1. The van der Waals surface area contributed by atoms with Gasteiger partial charge in [-0.25, -0.2) is 0 Å². The maximum absolute atomic E-state index is 12.4. The minimum Gasteiger partial charge on any atom is -0.480 e. The Hall–Kier alpha value is -1.90. The van der Waals surface area contributed by atoms with E-state index in [1.807, 2.05) is 24.3 Å². The second kappa shape index (κ2) is 5.08. The number of nitrogens with zero attached hydrogens (tertiary/aromatic N) is 2. The van der Waals surface area contributed by atoms with Crippen molar-refractivity contribution >= 4 is 27.1 Å². The Balaban J connectivity index is 2.13. The Kier molecular flexibility index (Phi) is 3.47. The van der Waals surface area contributed by atoms with Gasteiger partial charge in [0.1, 0.15) is 6.04 Å². The van der Waals surface area contributed by atoms with E-state index in [1.165, 1.54) is 14.1 Å². The molecule has 0 aliphatic carbocycles. The number of hydrogen-bond acceptors (Lipinski definition) is 3. The lowest BCUT2D eigenvalue weighted by Gasteiger charge is -2.33. The highest BCUT2D eigenvalue weighted by atomic mass is 32.2. The summed E-state index contributed by atoms with van der Waals surface area (Å²) in [7, 11) is -1.01. The van der Waals surface area contributed by atoms with E-state index in [-0.39, 0.29) is 13.0 Å². The number of aliphatic carboxylic acids is 1. The van der Waals surface area contributed by atoms with Gasteiger partial charge in [0.05, 0.1) is 6.54 Å². The third-order valence-electron chi connectivity index (χ3n) is 4.00. The van der Waals surface area contributed by atoms with Gasteiger partial charge in [0, 0.05) is 37.1 Å². The molecule has 0 spiro atoms. The van der Waals surface area contributed by atoms with Gasteiger partial charge in [-0.3, -0.25) is 4.79 Å². The first-order valence-electron chi connectivity index (χ1n) is 6.83. The lowest BCUT2D eigenvalue weighted by molar-refractivity contribution is -0.141. The minimum atomic E-state index is -3.81. The highest BCUT2D eigenvalue weighted by Gasteiger charge is 2.41. The maximum atomic E-state index is 12.4. The molecule has 2 N–H and O–H groups in total. The number of hydrogen-bond donors (Lipinski definition) is 2. The van der Waals surface area contributed by atoms with Crippen molar-refractivity contribution in [3.8, 4) is 0 Å². The third kappa shape index (κ3) is 2.20. The lowest BCUT2D eigenvalue weighted by atomic mass is 9.99. The topological polar surface area (TPSA) is 93.7 Å². The molecule has 0 bridgehead atoms. The SMILES string of the molecule is CN(C)S(=O)(=O)N1Cc2[nH]c3ccccc3c2CC1C(=O)O. The Morgan fingerprint density at radius 3 is 2.68 bits per heavy atom. The van der Waals surface area contributed by atoms with Crippen LogP contribution in [0.15, 0.2) is 24.3 Å². The van der Waals surface area contributed by atoms with Gasteiger partial charge in [-0.15, -0.1) is 0 Å². The van der Waals surface area contributed by atoms with Gasteiger partial charge in [0.15, 0.2) is 0 Å². The molecule has 0 radical (unpaired) electrons. The van der Waals surface area contributed by atoms with Crippen LogP contribution in [0.3, 0.4) is 0 Å². The maximum Gasteiger partial charge on any atom is 0.322 e. The molecule has 0 saturated heterocycles. The summed E-state index contributed by atoms with van der Waals surface area (Å²) in [5, 5.41) is 10.4. The van der Waals surface area contributed by atoms with Crippen LogP contribution in [0.25, 0.3) is 10.9 Å². The molecular weight excluding hydrogens is 306 g/mol. The fourth-order valence-electron chi connectivity index (χ4n) is 2.85. The summed E-state index contributed by atoms with van der Waals surface area (Å²) in [5.41, 5.74) is 2.53. The highest BCUT2D eigenvalue weighted by molar-refractivity contribution is 7.86. The zero-order chi connectivity index (χ0) is 16.1. The second-order valence-corrected chi connectivity index (χ2v) is 7.62. The molecule has 1 atom stereocenters. The van der Waals surface area contributed by atoms with Gasteiger partial charge in [-0.2, -0.15) is 17.0 Å². The first-order chi connectivity index (χ1) is 10.3. The largest absolute Gasteiger partial charge is 0.480 e. The van der Waals surface area contributed by atoms with Crippen molar-refractivity contribution in [2.45, 2.75) is 19.0 Å². The molecule has 1 aliphatic heterocycles. The van der Waals surface area contributed by atoms with Crippen LogP contribution in [0.5, 0.6) is 0 Å². The molecule has 118 valence electrons. The van der Waals surface area contributed by atoms with Gasteiger partial charge in [-0.05, 0) is 11.6 Å². The number of aromatic nitrogens is 1. The molecule has 2 aromatic rings. The minimum absolute atomic E-state index is 0.0293. The first kappa shape index (κ1) is 15.0. The number of carboxylic acids is 1. The van der Waals surface area contributed by atoms with Crippen LogP contribution < -0.4 is 0 Å². The molecule has 1 aliphatic rings. The van der Waals surface area contributed by atoms with Crippen LogP contribution in [0.4, 0.5) is 0 Å². The van der Waals surface area contributed by atoms with Crippen molar-refractivity contribution in [1.82, 2.24) is 13.6 Å². The normalized spacial score (nSPS) is 19.5. The van der Waals surface area contributed by atoms with E-state index in [1.54, 1.807) is 0 Å². The molecule has 7 nitrogen and oxygen atoms in total. The number of para-hydroxylation sites is 1. The van der Waals surface area contributed by atoms with Crippen LogP contribution in [0.2, 0.25) is 0 Å². The van der Waals surface area contributed by atoms with Crippen molar-refractivity contribution < 1.29 is 18.3 Å². The van der Waals surface area contributed by atoms with Crippen molar-refractivity contribution in [3.63, 3.8) is 0 Å². The predicted molar refractivity (Wildman–Crippen MR) is 81.6 cm³/mol. The summed E-state index contributed by atoms with van der Waals surface area (Å²) >= 11 is 0. The summed E-state index contributed by atoms with van der Waals surface area (Å²) in [6.45, 7) is 0.0293. The molecule has 3 rings (SSSR count). The Bertz CT molecular complexity index is 841. The molecular formula is C14H17N3O4S. The predicted octanol–water partition coefficient (Wildman–Crippen LogP) is 0.786. The second-order valence-electron chi connectivity index (χ2n) is 5.52. The highest BCUT2D eigenvalue weighted by Crippen LogP contribution is 2.32. The Labute approximate surface area is 128 Å². The van der Waals surface area contributed by atoms with Gasteiger partial charge in [0.2, 0.25) is 0 Å². The molecule has 1 unspecified atom stereocenters. The number of carboxylic acid groups (broad SMARTS) is 1. The summed E-state index contributed by atoms with van der Waals surface area (Å²) < 4.78 is 26.9. The van der Waals surface area contributed by atoms with E-state index in [0.717, 1.165) is 30.8 Å². The van der Waals surface area contributed by atoms with E-state index in [4.69, 9.17) is 0 Å². The Morgan fingerprint density at radius 2 is 2.05 bits per heavy atom. The molecule has 1 aromatic carbocycles. The van der Waals surface area contributed by atoms with Crippen molar-refractivity contribution in [2.24, 2.45) is 0 Å². The molecule has 8 heteroatoms. The fraction of sp³-hybridized carbons (Fsp3) is 0.357. The standard InChI is InChI=1S/C14H17N3O4S/c1-16(2)22(20,21)17-8-12-10(7-13(17)14(18)19)9-5-3-4-6-11(9)15-12/h3-6,13,15H,7-8H2,1-2H3,(H,18,19). The van der Waals surface area contributed by atoms with E-state index in [0.29, 0.717) is 0 Å². The van der Waals surface area contributed by atoms with Crippen LogP contribution in [0.1, 0.15) is 11.3 Å². The molecule has 2 heterocycles. The van der Waals surface area contributed by atoms with Gasteiger partial charge < -0.3 is 10.1 Å². The van der Waals surface area contributed by atoms with Gasteiger partial charge in [0.25, 0.3) is 10.2 Å². The van der Waals surface area contributed by atoms with E-state index in [9.17, 15) is 18.3 Å². The fourth-order valence-corrected chi connectivity index (χ4v) is 4.05. The molecule has 1 aromatic heterocycles. The zero-order valence-corrected chi connectivity index (χ0v) is 13.1. The number of H-pyrrole nitrogens is 1. The van der Waals surface area contributed by atoms with Crippen molar-refractivity contribution in [3.05, 3.63) is 35.5 Å². The van der Waals surface area contributed by atoms with Crippen LogP contribution in [-0.2, 0) is 28.0 Å². The van der Waals surface area contributed by atoms with Crippen LogP contribution >= 0.6 is 0 Å². The first-order valence-corrected chi connectivity index (χ1v) is 8.22. The van der Waals surface area contributed by atoms with E-state index >= 15 is 0 Å². The van der Waals surface area contributed by atoms with Gasteiger partial charge >= 0.3 is 5.97 Å². The summed E-state index contributed by atoms with van der Waals surface area (Å²) in [5.74, 6) is -1.14. The van der Waals surface area contributed by atoms with Gasteiger partial charge in [-0.1, -0.05) is 18.2 Å². The molecule has 22 heavy (non-hydrogen) atoms. The molecule has 0 saturated carbocycles. The van der Waals surface area contributed by atoms with E-state index in [2.05, 4.69) is 4.98 Å². The molecule has 0 amide bonds. The lowest BCUT2D eigenvalue weighted by Crippen LogP contribution is -2.52. The van der Waals surface area contributed by atoms with Crippen LogP contribution in [0, 0.1) is 0 Å². The number of carbonyl (C=O) groups is 1. The summed E-state index contributed by atoms with van der Waals surface area (Å²) in [4.78, 5) is 14.8. The molecule has 0 fully saturated rings. The summed E-state index contributed by atoms with van der Waals surface area (Å²) in [6.07, 6.45) is 0.155. The summed E-state index contributed by atoms with van der Waals surface area (Å²) in [6, 6.07) is 6.48. The quantitative estimate of drug-likeness (QED) is 0.873. The smallest absolute Gasteiger partial charge is 0.322 e. The average molecular weight is 323 g/mol.